The van der Waals surface area contributed by atoms with Gasteiger partial charge in [-0.05, 0) is 0 Å². The zero-order chi connectivity index (χ0) is 9.78. The van der Waals surface area contributed by atoms with Gasteiger partial charge in [-0.2, -0.15) is 0 Å². The van der Waals surface area contributed by atoms with Crippen molar-refractivity contribution in [1.82, 2.24) is 0 Å². The Morgan fingerprint density at radius 2 is 1.67 bits per heavy atom. The second-order valence-corrected chi connectivity index (χ2v) is 2.45. The SMILES string of the molecule is O=C(CO)[C@@H](O)C(O)(CO)CO. The highest BCUT2D eigenvalue weighted by Crippen LogP contribution is 2.09. The van der Waals surface area contributed by atoms with Gasteiger partial charge in [-0.15, -0.1) is 0 Å². The molecule has 0 aliphatic carbocycles. The van der Waals surface area contributed by atoms with Gasteiger partial charge in [0.15, 0.2) is 5.78 Å². The van der Waals surface area contributed by atoms with Gasteiger partial charge in [-0.3, -0.25) is 4.79 Å². The minimum Gasteiger partial charge on any atom is -0.393 e. The van der Waals surface area contributed by atoms with Crippen LogP contribution in [0.4, 0.5) is 0 Å². The summed E-state index contributed by atoms with van der Waals surface area (Å²) >= 11 is 0. The summed E-state index contributed by atoms with van der Waals surface area (Å²) in [5.74, 6) is -1.06. The minimum atomic E-state index is -2.28. The van der Waals surface area contributed by atoms with E-state index in [0.717, 1.165) is 0 Å². The lowest BCUT2D eigenvalue weighted by Crippen LogP contribution is -2.53. The fraction of sp³-hybridized carbons (Fsp3) is 0.833. The van der Waals surface area contributed by atoms with Crippen LogP contribution in [0.1, 0.15) is 0 Å². The summed E-state index contributed by atoms with van der Waals surface area (Å²) in [5.41, 5.74) is -2.28. The summed E-state index contributed by atoms with van der Waals surface area (Å²) in [6.07, 6.45) is -1.97. The highest BCUT2D eigenvalue weighted by atomic mass is 16.4. The molecule has 0 aliphatic rings. The Kier molecular flexibility index (Phi) is 4.29. The molecule has 0 saturated heterocycles. The van der Waals surface area contributed by atoms with Crippen molar-refractivity contribution in [2.24, 2.45) is 0 Å². The summed E-state index contributed by atoms with van der Waals surface area (Å²) in [6, 6.07) is 0. The van der Waals surface area contributed by atoms with Gasteiger partial charge in [0.25, 0.3) is 0 Å². The third-order valence-corrected chi connectivity index (χ3v) is 1.52. The number of hydrogen-bond donors (Lipinski definition) is 5. The van der Waals surface area contributed by atoms with Gasteiger partial charge in [0.2, 0.25) is 0 Å². The fourth-order valence-corrected chi connectivity index (χ4v) is 0.609. The van der Waals surface area contributed by atoms with E-state index in [1.54, 1.807) is 0 Å². The molecule has 6 heteroatoms. The second kappa shape index (κ2) is 4.48. The number of aliphatic hydroxyl groups is 5. The third kappa shape index (κ3) is 2.23. The van der Waals surface area contributed by atoms with Crippen molar-refractivity contribution in [3.8, 4) is 0 Å². The van der Waals surface area contributed by atoms with E-state index in [2.05, 4.69) is 0 Å². The molecule has 0 aromatic rings. The molecule has 0 spiro atoms. The molecule has 1 atom stereocenters. The van der Waals surface area contributed by atoms with Crippen molar-refractivity contribution in [3.05, 3.63) is 0 Å². The van der Waals surface area contributed by atoms with Gasteiger partial charge in [0.1, 0.15) is 18.3 Å². The maximum atomic E-state index is 10.6. The molecular weight excluding hydrogens is 168 g/mol. The second-order valence-electron chi connectivity index (χ2n) is 2.45. The first-order chi connectivity index (χ1) is 5.51. The quantitative estimate of drug-likeness (QED) is 0.301. The molecular formula is C6H12O6. The van der Waals surface area contributed by atoms with Gasteiger partial charge in [0, 0.05) is 0 Å². The molecule has 0 heterocycles. The van der Waals surface area contributed by atoms with E-state index in [1.165, 1.54) is 0 Å². The van der Waals surface area contributed by atoms with Crippen LogP contribution in [0.3, 0.4) is 0 Å². The molecule has 6 nitrogen and oxygen atoms in total. The Labute approximate surface area is 68.7 Å². The maximum absolute atomic E-state index is 10.6. The highest BCUT2D eigenvalue weighted by molar-refractivity contribution is 5.85. The van der Waals surface area contributed by atoms with Gasteiger partial charge in [-0.25, -0.2) is 0 Å². The molecule has 0 aliphatic heterocycles. The number of rotatable bonds is 5. The number of carbonyl (C=O) groups excluding carboxylic acids is 1. The van der Waals surface area contributed by atoms with Crippen LogP contribution in [0.5, 0.6) is 0 Å². The maximum Gasteiger partial charge on any atom is 0.189 e. The summed E-state index contributed by atoms with van der Waals surface area (Å²) in [4.78, 5) is 10.6. The van der Waals surface area contributed by atoms with Gasteiger partial charge in [0.05, 0.1) is 13.2 Å². The first kappa shape index (κ1) is 11.5. The molecule has 0 saturated carbocycles. The van der Waals surface area contributed by atoms with Gasteiger partial charge in [-0.1, -0.05) is 0 Å². The van der Waals surface area contributed by atoms with Crippen LogP contribution in [0.2, 0.25) is 0 Å². The fourth-order valence-electron chi connectivity index (χ4n) is 0.609. The lowest BCUT2D eigenvalue weighted by atomic mass is 9.96. The summed E-state index contributed by atoms with van der Waals surface area (Å²) < 4.78 is 0. The number of carbonyl (C=O) groups is 1. The molecule has 5 N–H and O–H groups in total. The Hall–Kier alpha value is -0.530. The molecule has 0 radical (unpaired) electrons. The molecule has 0 bridgehead atoms. The van der Waals surface area contributed by atoms with E-state index < -0.39 is 37.3 Å². The lowest BCUT2D eigenvalue weighted by Gasteiger charge is -2.27. The smallest absolute Gasteiger partial charge is 0.189 e. The zero-order valence-corrected chi connectivity index (χ0v) is 6.34. The number of ketones is 1. The van der Waals surface area contributed by atoms with E-state index in [9.17, 15) is 4.79 Å². The molecule has 0 amide bonds. The molecule has 72 valence electrons. The van der Waals surface area contributed by atoms with E-state index >= 15 is 0 Å². The van der Waals surface area contributed by atoms with Crippen LogP contribution >= 0.6 is 0 Å². The first-order valence-corrected chi connectivity index (χ1v) is 3.27. The average Bonchev–Trinajstić information content (AvgIpc) is 2.14. The van der Waals surface area contributed by atoms with Crippen LogP contribution in [0.15, 0.2) is 0 Å². The van der Waals surface area contributed by atoms with Crippen molar-refractivity contribution in [2.75, 3.05) is 19.8 Å². The number of aliphatic hydroxyl groups excluding tert-OH is 4. The minimum absolute atomic E-state index is 0.955. The Morgan fingerprint density at radius 1 is 1.25 bits per heavy atom. The van der Waals surface area contributed by atoms with Crippen molar-refractivity contribution < 1.29 is 30.3 Å². The van der Waals surface area contributed by atoms with Crippen molar-refractivity contribution in [1.29, 1.82) is 0 Å². The molecule has 0 rings (SSSR count). The molecule has 0 aromatic heterocycles. The van der Waals surface area contributed by atoms with Crippen LogP contribution in [0, 0.1) is 0 Å². The first-order valence-electron chi connectivity index (χ1n) is 3.27. The van der Waals surface area contributed by atoms with Crippen LogP contribution < -0.4 is 0 Å². The largest absolute Gasteiger partial charge is 0.393 e. The van der Waals surface area contributed by atoms with E-state index in [1.807, 2.05) is 0 Å². The summed E-state index contributed by atoms with van der Waals surface area (Å²) in [6.45, 7) is -2.88. The average molecular weight is 180 g/mol. The predicted molar refractivity (Wildman–Crippen MR) is 37.2 cm³/mol. The Morgan fingerprint density at radius 3 is 1.92 bits per heavy atom. The topological polar surface area (TPSA) is 118 Å². The van der Waals surface area contributed by atoms with Crippen LogP contribution in [-0.4, -0.2) is 62.8 Å². The molecule has 0 aromatic carbocycles. The van der Waals surface area contributed by atoms with Crippen molar-refractivity contribution >= 4 is 5.78 Å². The standard InChI is InChI=1S/C6H12O6/c7-1-4(10)5(11)6(12,2-8)3-9/h5,7-9,11-12H,1-3H2/t5-/m1/s1. The molecule has 0 unspecified atom stereocenters. The summed E-state index contributed by atoms with van der Waals surface area (Å²) in [7, 11) is 0. The third-order valence-electron chi connectivity index (χ3n) is 1.52. The predicted octanol–water partition coefficient (Wildman–Crippen LogP) is -3.38. The lowest BCUT2D eigenvalue weighted by molar-refractivity contribution is -0.160. The normalized spacial score (nSPS) is 14.4. The highest BCUT2D eigenvalue weighted by Gasteiger charge is 2.38. The van der Waals surface area contributed by atoms with E-state index in [0.29, 0.717) is 0 Å². The summed E-state index contributed by atoms with van der Waals surface area (Å²) in [5, 5.41) is 43.3. The van der Waals surface area contributed by atoms with Gasteiger partial charge < -0.3 is 25.5 Å². The van der Waals surface area contributed by atoms with Crippen molar-refractivity contribution in [2.45, 2.75) is 11.7 Å². The van der Waals surface area contributed by atoms with Crippen LogP contribution in [0.25, 0.3) is 0 Å². The van der Waals surface area contributed by atoms with Crippen LogP contribution in [-0.2, 0) is 4.79 Å². The van der Waals surface area contributed by atoms with E-state index in [-0.39, 0.29) is 0 Å². The molecule has 0 fully saturated rings. The Bertz CT molecular complexity index is 152. The van der Waals surface area contributed by atoms with Crippen molar-refractivity contribution in [3.63, 3.8) is 0 Å². The van der Waals surface area contributed by atoms with Gasteiger partial charge >= 0.3 is 0 Å². The monoisotopic (exact) mass is 180 g/mol. The molecule has 12 heavy (non-hydrogen) atoms. The van der Waals surface area contributed by atoms with E-state index in [4.69, 9.17) is 25.5 Å². The Balaban J connectivity index is 4.40. The zero-order valence-electron chi connectivity index (χ0n) is 6.34. The number of hydrogen-bond acceptors (Lipinski definition) is 6. The number of Topliss-reactive ketones (excluding diaryl/α,β-unsaturated/α-hetero) is 1.